The molecule has 0 bridgehead atoms. The van der Waals surface area contributed by atoms with Crippen molar-refractivity contribution in [3.8, 4) is 5.75 Å². The summed E-state index contributed by atoms with van der Waals surface area (Å²) in [5, 5.41) is 9.73. The molecule has 2 N–H and O–H groups in total. The van der Waals surface area contributed by atoms with E-state index >= 15 is 0 Å². The zero-order chi connectivity index (χ0) is 15.6. The van der Waals surface area contributed by atoms with Crippen LogP contribution in [0.15, 0.2) is 21.9 Å². The second-order valence-electron chi connectivity index (χ2n) is 4.09. The molecular weight excluding hydrogens is 308 g/mol. The van der Waals surface area contributed by atoms with Gasteiger partial charge in [0.25, 0.3) is 20.2 Å². The maximum atomic E-state index is 11.7. The van der Waals surface area contributed by atoms with Crippen molar-refractivity contribution in [2.24, 2.45) is 0 Å². The molecule has 0 saturated heterocycles. The lowest BCUT2D eigenvalue weighted by Crippen LogP contribution is -2.13. The summed E-state index contributed by atoms with van der Waals surface area (Å²) in [4.78, 5) is -1.51. The Labute approximate surface area is 118 Å². The van der Waals surface area contributed by atoms with E-state index in [4.69, 9.17) is 0 Å². The second-order valence-corrected chi connectivity index (χ2v) is 7.13. The number of rotatable bonds is 6. The van der Waals surface area contributed by atoms with Gasteiger partial charge in [0, 0.05) is 5.56 Å². The van der Waals surface area contributed by atoms with Gasteiger partial charge in [0.1, 0.15) is 15.5 Å². The molecule has 0 heterocycles. The highest BCUT2D eigenvalue weighted by Crippen LogP contribution is 2.33. The standard InChI is InChI=1S/C11H16O7S2/c1-3-4-5-8-9(12)6-7-10(20(16,17)18-2)11(8)19(13,14)15/h6-7,12H,3-5H2,1-2H3,(H,13,14,15). The molecule has 1 rings (SSSR count). The van der Waals surface area contributed by atoms with E-state index < -0.39 is 30.0 Å². The van der Waals surface area contributed by atoms with E-state index in [9.17, 15) is 26.5 Å². The maximum absolute atomic E-state index is 11.7. The van der Waals surface area contributed by atoms with Gasteiger partial charge in [-0.2, -0.15) is 16.8 Å². The third-order valence-corrected chi connectivity index (χ3v) is 5.16. The number of aromatic hydroxyl groups is 1. The molecule has 0 spiro atoms. The zero-order valence-corrected chi connectivity index (χ0v) is 12.7. The van der Waals surface area contributed by atoms with Gasteiger partial charge in [0.2, 0.25) is 0 Å². The fourth-order valence-electron chi connectivity index (χ4n) is 1.76. The van der Waals surface area contributed by atoms with Crippen LogP contribution in [0.4, 0.5) is 0 Å². The molecule has 0 saturated carbocycles. The van der Waals surface area contributed by atoms with Crippen LogP contribution in [0.5, 0.6) is 5.75 Å². The van der Waals surface area contributed by atoms with Gasteiger partial charge in [0.05, 0.1) is 7.11 Å². The Morgan fingerprint density at radius 2 is 1.80 bits per heavy atom. The van der Waals surface area contributed by atoms with Gasteiger partial charge < -0.3 is 5.11 Å². The molecule has 0 radical (unpaired) electrons. The summed E-state index contributed by atoms with van der Waals surface area (Å²) in [6.45, 7) is 1.85. The van der Waals surface area contributed by atoms with Crippen molar-refractivity contribution in [3.63, 3.8) is 0 Å². The molecule has 0 atom stereocenters. The Morgan fingerprint density at radius 3 is 2.25 bits per heavy atom. The first-order chi connectivity index (χ1) is 9.15. The molecule has 1 aromatic rings. The van der Waals surface area contributed by atoms with Gasteiger partial charge in [-0.1, -0.05) is 13.3 Å². The molecule has 1 aromatic carbocycles. The van der Waals surface area contributed by atoms with Gasteiger partial charge in [-0.3, -0.25) is 8.74 Å². The Morgan fingerprint density at radius 1 is 1.20 bits per heavy atom. The molecule has 0 aliphatic carbocycles. The third-order valence-electron chi connectivity index (χ3n) is 2.73. The Hall–Kier alpha value is -1.16. The zero-order valence-electron chi connectivity index (χ0n) is 11.0. The van der Waals surface area contributed by atoms with E-state index in [1.807, 2.05) is 6.92 Å². The van der Waals surface area contributed by atoms with Crippen LogP contribution in [-0.4, -0.2) is 33.6 Å². The summed E-state index contributed by atoms with van der Waals surface area (Å²) in [7, 11) is -8.28. The van der Waals surface area contributed by atoms with Gasteiger partial charge >= 0.3 is 0 Å². The van der Waals surface area contributed by atoms with E-state index in [1.165, 1.54) is 0 Å². The number of phenols is 1. The van der Waals surface area contributed by atoms with Crippen molar-refractivity contribution in [3.05, 3.63) is 17.7 Å². The Bertz CT molecular complexity index is 690. The molecule has 9 heteroatoms. The van der Waals surface area contributed by atoms with Crippen LogP contribution in [0.2, 0.25) is 0 Å². The fourth-order valence-corrected chi connectivity index (χ4v) is 3.99. The summed E-state index contributed by atoms with van der Waals surface area (Å²) in [6, 6.07) is 1.94. The molecule has 20 heavy (non-hydrogen) atoms. The van der Waals surface area contributed by atoms with Crippen LogP contribution in [-0.2, 0) is 30.8 Å². The van der Waals surface area contributed by atoms with Crippen molar-refractivity contribution in [2.75, 3.05) is 7.11 Å². The average molecular weight is 324 g/mol. The number of benzene rings is 1. The van der Waals surface area contributed by atoms with E-state index in [0.717, 1.165) is 19.2 Å². The minimum Gasteiger partial charge on any atom is -0.508 e. The van der Waals surface area contributed by atoms with Crippen LogP contribution < -0.4 is 0 Å². The summed E-state index contributed by atoms with van der Waals surface area (Å²) in [6.07, 6.45) is 1.34. The van der Waals surface area contributed by atoms with Gasteiger partial charge in [-0.25, -0.2) is 0 Å². The topological polar surface area (TPSA) is 118 Å². The van der Waals surface area contributed by atoms with Crippen molar-refractivity contribution < 1.29 is 30.7 Å². The molecule has 0 aromatic heterocycles. The molecule has 7 nitrogen and oxygen atoms in total. The number of unbranched alkanes of at least 4 members (excludes halogenated alkanes) is 1. The minimum absolute atomic E-state index is 0.116. The first-order valence-corrected chi connectivity index (χ1v) is 8.63. The summed E-state index contributed by atoms with van der Waals surface area (Å²) in [5.74, 6) is -0.388. The predicted molar refractivity (Wildman–Crippen MR) is 70.7 cm³/mol. The predicted octanol–water partition coefficient (Wildman–Crippen LogP) is 1.32. The number of hydrogen-bond acceptors (Lipinski definition) is 6. The largest absolute Gasteiger partial charge is 0.508 e. The average Bonchev–Trinajstić information content (AvgIpc) is 2.35. The van der Waals surface area contributed by atoms with E-state index in [2.05, 4.69) is 4.18 Å². The fraction of sp³-hybridized carbons (Fsp3) is 0.455. The monoisotopic (exact) mass is 324 g/mol. The van der Waals surface area contributed by atoms with Crippen molar-refractivity contribution in [1.29, 1.82) is 0 Å². The van der Waals surface area contributed by atoms with Crippen LogP contribution in [0.25, 0.3) is 0 Å². The minimum atomic E-state index is -4.83. The lowest BCUT2D eigenvalue weighted by atomic mass is 10.1. The van der Waals surface area contributed by atoms with E-state index in [1.54, 1.807) is 0 Å². The van der Waals surface area contributed by atoms with Crippen molar-refractivity contribution in [2.45, 2.75) is 36.0 Å². The number of phenolic OH excluding ortho intramolecular Hbond substituents is 1. The lowest BCUT2D eigenvalue weighted by molar-refractivity contribution is 0.393. The Kier molecular flexibility index (Phi) is 5.14. The van der Waals surface area contributed by atoms with Crippen LogP contribution in [0.3, 0.4) is 0 Å². The molecule has 0 unspecified atom stereocenters. The van der Waals surface area contributed by atoms with Gasteiger partial charge in [0.15, 0.2) is 0 Å². The van der Waals surface area contributed by atoms with Gasteiger partial charge in [-0.05, 0) is 25.0 Å². The summed E-state index contributed by atoms with van der Waals surface area (Å²) >= 11 is 0. The van der Waals surface area contributed by atoms with E-state index in [-0.39, 0.29) is 17.7 Å². The molecule has 0 amide bonds. The Balaban J connectivity index is 3.72. The van der Waals surface area contributed by atoms with E-state index in [0.29, 0.717) is 12.8 Å². The highest BCUT2D eigenvalue weighted by Gasteiger charge is 2.30. The second kappa shape index (κ2) is 6.08. The number of hydrogen-bond donors (Lipinski definition) is 2. The third kappa shape index (κ3) is 3.48. The molecule has 0 aliphatic rings. The normalized spacial score (nSPS) is 12.6. The smallest absolute Gasteiger partial charge is 0.298 e. The maximum Gasteiger partial charge on any atom is 0.298 e. The highest BCUT2D eigenvalue weighted by molar-refractivity contribution is 7.89. The van der Waals surface area contributed by atoms with Crippen LogP contribution in [0, 0.1) is 0 Å². The highest BCUT2D eigenvalue weighted by atomic mass is 32.2. The summed E-state index contributed by atoms with van der Waals surface area (Å²) in [5.41, 5.74) is -0.132. The molecular formula is C11H16O7S2. The SMILES string of the molecule is CCCCc1c(O)ccc(S(=O)(=O)OC)c1S(=O)(=O)O. The van der Waals surface area contributed by atoms with Crippen molar-refractivity contribution in [1.82, 2.24) is 0 Å². The molecule has 0 aliphatic heterocycles. The van der Waals surface area contributed by atoms with Crippen LogP contribution >= 0.6 is 0 Å². The molecule has 0 fully saturated rings. The lowest BCUT2D eigenvalue weighted by Gasteiger charge is -2.13. The van der Waals surface area contributed by atoms with Crippen molar-refractivity contribution >= 4 is 20.2 Å². The first-order valence-electron chi connectivity index (χ1n) is 5.78. The molecule has 114 valence electrons. The van der Waals surface area contributed by atoms with Gasteiger partial charge in [-0.15, -0.1) is 0 Å². The first kappa shape index (κ1) is 16.9. The van der Waals surface area contributed by atoms with Crippen LogP contribution in [0.1, 0.15) is 25.3 Å². The quantitative estimate of drug-likeness (QED) is 0.598. The summed E-state index contributed by atoms with van der Waals surface area (Å²) < 4.78 is 60.0.